The van der Waals surface area contributed by atoms with Crippen molar-refractivity contribution in [3.63, 3.8) is 0 Å². The first-order chi connectivity index (χ1) is 13.0. The first kappa shape index (κ1) is 19.4. The van der Waals surface area contributed by atoms with Crippen LogP contribution in [0.4, 0.5) is 14.9 Å². The first-order valence-electron chi connectivity index (χ1n) is 9.92. The van der Waals surface area contributed by atoms with Gasteiger partial charge in [-0.1, -0.05) is 31.2 Å². The number of carbonyl (C=O) groups is 1. The molecule has 1 saturated heterocycles. The van der Waals surface area contributed by atoms with Gasteiger partial charge in [0.2, 0.25) is 0 Å². The van der Waals surface area contributed by atoms with E-state index in [0.29, 0.717) is 6.54 Å². The summed E-state index contributed by atoms with van der Waals surface area (Å²) >= 11 is 0. The predicted molar refractivity (Wildman–Crippen MR) is 109 cm³/mol. The maximum absolute atomic E-state index is 13.6. The first-order valence-corrected chi connectivity index (χ1v) is 9.92. The number of piperidine rings is 1. The Hall–Kier alpha value is -2.36. The number of para-hydroxylation sites is 1. The van der Waals surface area contributed by atoms with Crippen LogP contribution in [-0.4, -0.2) is 24.0 Å². The number of amides is 2. The summed E-state index contributed by atoms with van der Waals surface area (Å²) in [6.45, 7) is 7.50. The van der Waals surface area contributed by atoms with Crippen LogP contribution in [0.25, 0.3) is 0 Å². The van der Waals surface area contributed by atoms with Gasteiger partial charge in [0.1, 0.15) is 5.82 Å². The van der Waals surface area contributed by atoms with Crippen molar-refractivity contribution in [2.75, 3.05) is 18.0 Å². The van der Waals surface area contributed by atoms with E-state index in [1.165, 1.54) is 6.07 Å². The lowest BCUT2D eigenvalue weighted by atomic mass is 9.92. The maximum Gasteiger partial charge on any atom is 0.325 e. The number of carbonyl (C=O) groups excluding carboxylic acids is 1. The van der Waals surface area contributed by atoms with Crippen molar-refractivity contribution < 1.29 is 9.18 Å². The van der Waals surface area contributed by atoms with E-state index in [4.69, 9.17) is 0 Å². The number of rotatable bonds is 4. The molecule has 2 aromatic rings. The zero-order valence-electron chi connectivity index (χ0n) is 16.5. The Morgan fingerprint density at radius 1 is 1.15 bits per heavy atom. The summed E-state index contributed by atoms with van der Waals surface area (Å²) in [6, 6.07) is 13.0. The third-order valence-corrected chi connectivity index (χ3v) is 5.42. The fourth-order valence-corrected chi connectivity index (χ4v) is 4.06. The van der Waals surface area contributed by atoms with Gasteiger partial charge in [-0.15, -0.1) is 0 Å². The van der Waals surface area contributed by atoms with Crippen LogP contribution in [0.2, 0.25) is 0 Å². The van der Waals surface area contributed by atoms with Gasteiger partial charge in [-0.05, 0) is 74.4 Å². The summed E-state index contributed by atoms with van der Waals surface area (Å²) in [4.78, 5) is 17.5. The van der Waals surface area contributed by atoms with Gasteiger partial charge in [-0.25, -0.2) is 9.18 Å². The van der Waals surface area contributed by atoms with Crippen molar-refractivity contribution in [2.45, 2.75) is 52.5 Å². The molecule has 1 fully saturated rings. The molecular weight excluding hydrogens is 339 g/mol. The molecule has 2 aromatic carbocycles. The number of likely N-dealkylation sites (tertiary alicyclic amines) is 1. The fraction of sp³-hybridized carbons (Fsp3) is 0.435. The van der Waals surface area contributed by atoms with Gasteiger partial charge in [-0.2, -0.15) is 0 Å². The van der Waals surface area contributed by atoms with Gasteiger partial charge in [0.15, 0.2) is 0 Å². The van der Waals surface area contributed by atoms with E-state index < -0.39 is 0 Å². The van der Waals surface area contributed by atoms with Gasteiger partial charge in [0.25, 0.3) is 0 Å². The Kier molecular flexibility index (Phi) is 6.15. The van der Waals surface area contributed by atoms with Crippen molar-refractivity contribution in [1.82, 2.24) is 4.90 Å². The number of benzene rings is 2. The van der Waals surface area contributed by atoms with Crippen LogP contribution in [0.15, 0.2) is 42.5 Å². The van der Waals surface area contributed by atoms with E-state index in [9.17, 15) is 9.18 Å². The van der Waals surface area contributed by atoms with Crippen LogP contribution in [0, 0.1) is 19.7 Å². The van der Waals surface area contributed by atoms with Crippen molar-refractivity contribution in [2.24, 2.45) is 0 Å². The Labute approximate surface area is 161 Å². The average Bonchev–Trinajstić information content (AvgIpc) is 2.66. The highest BCUT2D eigenvalue weighted by molar-refractivity contribution is 5.93. The minimum absolute atomic E-state index is 0.00947. The summed E-state index contributed by atoms with van der Waals surface area (Å²) < 4.78 is 13.6. The second kappa shape index (κ2) is 8.55. The Bertz CT molecular complexity index is 805. The Morgan fingerprint density at radius 3 is 2.63 bits per heavy atom. The summed E-state index contributed by atoms with van der Waals surface area (Å²) in [6.07, 6.45) is 3.92. The highest BCUT2D eigenvalue weighted by Crippen LogP contribution is 2.35. The van der Waals surface area contributed by atoms with Gasteiger partial charge < -0.3 is 4.90 Å². The topological polar surface area (TPSA) is 23.6 Å². The van der Waals surface area contributed by atoms with E-state index in [-0.39, 0.29) is 17.9 Å². The lowest BCUT2D eigenvalue weighted by molar-refractivity contribution is 0.157. The lowest BCUT2D eigenvalue weighted by Gasteiger charge is -2.40. The van der Waals surface area contributed by atoms with Crippen molar-refractivity contribution in [3.05, 3.63) is 65.0 Å². The molecule has 0 spiro atoms. The zero-order valence-corrected chi connectivity index (χ0v) is 16.5. The number of halogens is 1. The largest absolute Gasteiger partial charge is 0.325 e. The molecule has 3 rings (SSSR count). The minimum atomic E-state index is -0.225. The highest BCUT2D eigenvalue weighted by atomic mass is 19.1. The molecule has 1 aliphatic rings. The summed E-state index contributed by atoms with van der Waals surface area (Å²) in [7, 11) is 0. The number of hydrogen-bond donors (Lipinski definition) is 0. The maximum atomic E-state index is 13.6. The van der Waals surface area contributed by atoms with E-state index in [0.717, 1.165) is 54.6 Å². The third kappa shape index (κ3) is 4.15. The number of nitrogens with zero attached hydrogens (tertiary/aromatic N) is 2. The standard InChI is InChI=1S/C23H29FN2O/c1-4-14-25(21-10-6-5-9-17(21)2)23(27)26-15-8-7-11-22(26)20-13-12-19(24)16-18(20)3/h5-6,9-10,12-13,16,22H,4,7-8,11,14-15H2,1-3H3. The molecule has 1 unspecified atom stereocenters. The molecule has 0 bridgehead atoms. The third-order valence-electron chi connectivity index (χ3n) is 5.42. The highest BCUT2D eigenvalue weighted by Gasteiger charge is 2.32. The van der Waals surface area contributed by atoms with E-state index in [1.54, 1.807) is 6.07 Å². The molecule has 1 heterocycles. The average molecular weight is 368 g/mol. The molecule has 0 saturated carbocycles. The molecule has 0 radical (unpaired) electrons. The van der Waals surface area contributed by atoms with Crippen molar-refractivity contribution in [3.8, 4) is 0 Å². The minimum Gasteiger partial charge on any atom is -0.317 e. The van der Waals surface area contributed by atoms with E-state index >= 15 is 0 Å². The van der Waals surface area contributed by atoms with Crippen LogP contribution in [0.1, 0.15) is 55.3 Å². The monoisotopic (exact) mass is 368 g/mol. The Morgan fingerprint density at radius 2 is 1.93 bits per heavy atom. The summed E-state index contributed by atoms with van der Waals surface area (Å²) in [5, 5.41) is 0. The van der Waals surface area contributed by atoms with Crippen LogP contribution in [0.3, 0.4) is 0 Å². The molecule has 144 valence electrons. The number of hydrogen-bond acceptors (Lipinski definition) is 1. The second-order valence-electron chi connectivity index (χ2n) is 7.43. The molecular formula is C23H29FN2O. The molecule has 1 atom stereocenters. The van der Waals surface area contributed by atoms with Crippen molar-refractivity contribution in [1.29, 1.82) is 0 Å². The van der Waals surface area contributed by atoms with E-state index in [2.05, 4.69) is 6.92 Å². The number of aryl methyl sites for hydroxylation is 2. The molecule has 2 amide bonds. The Balaban J connectivity index is 1.94. The van der Waals surface area contributed by atoms with E-state index in [1.807, 2.05) is 54.0 Å². The molecule has 27 heavy (non-hydrogen) atoms. The van der Waals surface area contributed by atoms with Gasteiger partial charge in [-0.3, -0.25) is 4.90 Å². The molecule has 4 heteroatoms. The molecule has 0 N–H and O–H groups in total. The van der Waals surface area contributed by atoms with Gasteiger partial charge in [0, 0.05) is 18.8 Å². The zero-order chi connectivity index (χ0) is 19.4. The SMILES string of the molecule is CCCN(C(=O)N1CCCCC1c1ccc(F)cc1C)c1ccccc1C. The van der Waals surface area contributed by atoms with Gasteiger partial charge in [0.05, 0.1) is 6.04 Å². The molecule has 1 aliphatic heterocycles. The summed E-state index contributed by atoms with van der Waals surface area (Å²) in [5.74, 6) is -0.225. The quantitative estimate of drug-likeness (QED) is 0.648. The molecule has 0 aromatic heterocycles. The van der Waals surface area contributed by atoms with Crippen LogP contribution >= 0.6 is 0 Å². The normalized spacial score (nSPS) is 17.0. The predicted octanol–water partition coefficient (Wildman–Crippen LogP) is 6.01. The van der Waals surface area contributed by atoms with Gasteiger partial charge >= 0.3 is 6.03 Å². The lowest BCUT2D eigenvalue weighted by Crippen LogP contribution is -2.47. The molecule has 0 aliphatic carbocycles. The van der Waals surface area contributed by atoms with Crippen LogP contribution in [-0.2, 0) is 0 Å². The second-order valence-corrected chi connectivity index (χ2v) is 7.43. The van der Waals surface area contributed by atoms with Crippen molar-refractivity contribution >= 4 is 11.7 Å². The smallest absolute Gasteiger partial charge is 0.317 e. The number of anilines is 1. The van der Waals surface area contributed by atoms with Crippen LogP contribution in [0.5, 0.6) is 0 Å². The fourth-order valence-electron chi connectivity index (χ4n) is 4.06. The van der Waals surface area contributed by atoms with Crippen LogP contribution < -0.4 is 4.90 Å². The number of urea groups is 1. The molecule has 3 nitrogen and oxygen atoms in total. The summed E-state index contributed by atoms with van der Waals surface area (Å²) in [5.41, 5.74) is 4.05.